The third-order valence-corrected chi connectivity index (χ3v) is 5.08. The Morgan fingerprint density at radius 1 is 1.13 bits per heavy atom. The number of hydrogen-bond donors (Lipinski definition) is 1. The molecular formula is C23H22F2N2O3S. The topological polar surface area (TPSA) is 60.5 Å². The standard InChI is InChI=1S/C23H22F2N2O3S/c1-4-7-19(20-17(24)8-6-9-18(20)25)27-15-10-12-16(13-11-15)30-22-21(23(28)29-5-2)31-14(3)26-22/h6-13,27H,4-5H2,1-3H3/b19-7-. The number of carbonyl (C=O) groups is 1. The molecule has 0 amide bonds. The van der Waals surface area contributed by atoms with Crippen LogP contribution in [0.3, 0.4) is 0 Å². The van der Waals surface area contributed by atoms with Gasteiger partial charge in [0.05, 0.1) is 17.2 Å². The fourth-order valence-electron chi connectivity index (χ4n) is 2.85. The van der Waals surface area contributed by atoms with Crippen LogP contribution in [0, 0.1) is 18.6 Å². The van der Waals surface area contributed by atoms with E-state index >= 15 is 0 Å². The van der Waals surface area contributed by atoms with Gasteiger partial charge in [-0.25, -0.2) is 18.6 Å². The summed E-state index contributed by atoms with van der Waals surface area (Å²) in [6.45, 7) is 5.64. The zero-order valence-electron chi connectivity index (χ0n) is 17.4. The van der Waals surface area contributed by atoms with Gasteiger partial charge in [0.1, 0.15) is 17.4 Å². The SMILES string of the molecule is CC/C=C(\Nc1ccc(Oc2nc(C)sc2C(=O)OCC)cc1)c1c(F)cccc1F. The Morgan fingerprint density at radius 3 is 2.42 bits per heavy atom. The van der Waals surface area contributed by atoms with Gasteiger partial charge in [-0.15, -0.1) is 11.3 Å². The van der Waals surface area contributed by atoms with Crippen molar-refractivity contribution in [2.24, 2.45) is 0 Å². The number of carbonyl (C=O) groups excluding carboxylic acids is 1. The molecule has 0 aliphatic heterocycles. The number of nitrogens with one attached hydrogen (secondary N) is 1. The summed E-state index contributed by atoms with van der Waals surface area (Å²) in [5.41, 5.74) is 0.850. The summed E-state index contributed by atoms with van der Waals surface area (Å²) >= 11 is 1.20. The third kappa shape index (κ3) is 5.46. The van der Waals surface area contributed by atoms with Crippen molar-refractivity contribution in [3.05, 3.63) is 75.6 Å². The molecule has 0 atom stereocenters. The minimum absolute atomic E-state index is 0.110. The number of esters is 1. The molecular weight excluding hydrogens is 422 g/mol. The minimum Gasteiger partial charge on any atom is -0.462 e. The normalized spacial score (nSPS) is 11.3. The van der Waals surface area contributed by atoms with E-state index in [9.17, 15) is 13.6 Å². The molecule has 31 heavy (non-hydrogen) atoms. The Kier molecular flexibility index (Phi) is 7.36. The average Bonchev–Trinajstić information content (AvgIpc) is 3.10. The van der Waals surface area contributed by atoms with Crippen molar-refractivity contribution >= 4 is 28.7 Å². The van der Waals surface area contributed by atoms with Crippen LogP contribution in [-0.2, 0) is 4.74 Å². The van der Waals surface area contributed by atoms with Crippen LogP contribution >= 0.6 is 11.3 Å². The van der Waals surface area contributed by atoms with Gasteiger partial charge >= 0.3 is 5.97 Å². The van der Waals surface area contributed by atoms with Gasteiger partial charge in [0, 0.05) is 11.4 Å². The fourth-order valence-corrected chi connectivity index (χ4v) is 3.59. The summed E-state index contributed by atoms with van der Waals surface area (Å²) in [6.07, 6.45) is 2.31. The molecule has 5 nitrogen and oxygen atoms in total. The Bertz CT molecular complexity index is 1070. The summed E-state index contributed by atoms with van der Waals surface area (Å²) in [7, 11) is 0. The molecule has 0 saturated heterocycles. The first-order valence-corrected chi connectivity index (χ1v) is 10.6. The van der Waals surface area contributed by atoms with E-state index in [1.54, 1.807) is 44.2 Å². The molecule has 0 fully saturated rings. The maximum absolute atomic E-state index is 14.2. The fraction of sp³-hybridized carbons (Fsp3) is 0.217. The second-order valence-corrected chi connectivity index (χ2v) is 7.66. The first kappa shape index (κ1) is 22.4. The number of anilines is 1. The summed E-state index contributed by atoms with van der Waals surface area (Å²) < 4.78 is 39.2. The van der Waals surface area contributed by atoms with E-state index in [1.165, 1.54) is 29.5 Å². The van der Waals surface area contributed by atoms with Gasteiger partial charge in [0.2, 0.25) is 5.88 Å². The maximum atomic E-state index is 14.2. The van der Waals surface area contributed by atoms with Crippen molar-refractivity contribution in [1.29, 1.82) is 0 Å². The number of thiazole rings is 1. The second-order valence-electron chi connectivity index (χ2n) is 6.46. The minimum atomic E-state index is -0.641. The van der Waals surface area contributed by atoms with Crippen LogP contribution in [0.15, 0.2) is 48.5 Å². The zero-order valence-corrected chi connectivity index (χ0v) is 18.2. The number of halogens is 2. The largest absolute Gasteiger partial charge is 0.462 e. The van der Waals surface area contributed by atoms with Crippen molar-refractivity contribution in [2.75, 3.05) is 11.9 Å². The monoisotopic (exact) mass is 444 g/mol. The summed E-state index contributed by atoms with van der Waals surface area (Å²) in [5.74, 6) is -1.13. The first-order chi connectivity index (χ1) is 14.9. The van der Waals surface area contributed by atoms with E-state index in [4.69, 9.17) is 9.47 Å². The summed E-state index contributed by atoms with van der Waals surface area (Å²) in [6, 6.07) is 10.5. The van der Waals surface area contributed by atoms with Crippen LogP contribution in [0.25, 0.3) is 5.70 Å². The molecule has 0 unspecified atom stereocenters. The summed E-state index contributed by atoms with van der Waals surface area (Å²) in [4.78, 5) is 16.6. The van der Waals surface area contributed by atoms with Crippen molar-refractivity contribution in [3.8, 4) is 11.6 Å². The van der Waals surface area contributed by atoms with Crippen LogP contribution in [0.4, 0.5) is 14.5 Å². The van der Waals surface area contributed by atoms with E-state index in [1.807, 2.05) is 6.92 Å². The molecule has 3 rings (SSSR count). The highest BCUT2D eigenvalue weighted by molar-refractivity contribution is 7.13. The van der Waals surface area contributed by atoms with E-state index in [2.05, 4.69) is 10.3 Å². The van der Waals surface area contributed by atoms with Gasteiger partial charge in [-0.3, -0.25) is 0 Å². The number of rotatable bonds is 8. The Morgan fingerprint density at radius 2 is 1.81 bits per heavy atom. The highest BCUT2D eigenvalue weighted by Gasteiger charge is 2.20. The number of benzene rings is 2. The molecule has 1 N–H and O–H groups in total. The Balaban J connectivity index is 1.79. The number of aromatic nitrogens is 1. The lowest BCUT2D eigenvalue weighted by Crippen LogP contribution is -2.04. The van der Waals surface area contributed by atoms with E-state index in [0.29, 0.717) is 33.4 Å². The van der Waals surface area contributed by atoms with Crippen LogP contribution in [0.1, 0.15) is 40.5 Å². The predicted octanol–water partition coefficient (Wildman–Crippen LogP) is 6.56. The molecule has 0 aliphatic rings. The van der Waals surface area contributed by atoms with E-state index in [-0.39, 0.29) is 18.1 Å². The number of hydrogen-bond acceptors (Lipinski definition) is 6. The van der Waals surface area contributed by atoms with Gasteiger partial charge in [-0.05, 0) is 56.7 Å². The Labute approximate surface area is 183 Å². The van der Waals surface area contributed by atoms with Crippen molar-refractivity contribution in [3.63, 3.8) is 0 Å². The van der Waals surface area contributed by atoms with E-state index < -0.39 is 17.6 Å². The lowest BCUT2D eigenvalue weighted by molar-refractivity contribution is 0.0529. The van der Waals surface area contributed by atoms with Crippen LogP contribution in [0.5, 0.6) is 11.6 Å². The number of ether oxygens (including phenoxy) is 2. The van der Waals surface area contributed by atoms with Gasteiger partial charge in [-0.2, -0.15) is 0 Å². The van der Waals surface area contributed by atoms with Crippen molar-refractivity contribution < 1.29 is 23.0 Å². The maximum Gasteiger partial charge on any atom is 0.354 e. The molecule has 1 heterocycles. The predicted molar refractivity (Wildman–Crippen MR) is 118 cm³/mol. The van der Waals surface area contributed by atoms with Crippen LogP contribution < -0.4 is 10.1 Å². The first-order valence-electron chi connectivity index (χ1n) is 9.77. The lowest BCUT2D eigenvalue weighted by Gasteiger charge is -2.14. The molecule has 0 bridgehead atoms. The molecule has 8 heteroatoms. The molecule has 0 spiro atoms. The van der Waals surface area contributed by atoms with E-state index in [0.717, 1.165) is 0 Å². The van der Waals surface area contributed by atoms with Crippen molar-refractivity contribution in [2.45, 2.75) is 27.2 Å². The highest BCUT2D eigenvalue weighted by atomic mass is 32.1. The number of nitrogens with zero attached hydrogens (tertiary/aromatic N) is 1. The summed E-state index contributed by atoms with van der Waals surface area (Å²) in [5, 5.41) is 3.74. The number of allylic oxidation sites excluding steroid dienone is 1. The molecule has 3 aromatic rings. The molecule has 0 aliphatic carbocycles. The molecule has 1 aromatic heterocycles. The quantitative estimate of drug-likeness (QED) is 0.399. The van der Waals surface area contributed by atoms with Gasteiger partial charge in [0.15, 0.2) is 4.88 Å². The highest BCUT2D eigenvalue weighted by Crippen LogP contribution is 2.31. The molecule has 162 valence electrons. The Hall–Kier alpha value is -3.26. The molecule has 0 saturated carbocycles. The van der Waals surface area contributed by atoms with Crippen LogP contribution in [0.2, 0.25) is 0 Å². The average molecular weight is 445 g/mol. The third-order valence-electron chi connectivity index (χ3n) is 4.15. The lowest BCUT2D eigenvalue weighted by atomic mass is 10.1. The second kappa shape index (κ2) is 10.2. The van der Waals surface area contributed by atoms with Gasteiger partial charge in [-0.1, -0.05) is 19.1 Å². The van der Waals surface area contributed by atoms with Crippen LogP contribution in [-0.4, -0.2) is 17.6 Å². The smallest absolute Gasteiger partial charge is 0.354 e. The zero-order chi connectivity index (χ0) is 22.4. The molecule has 0 radical (unpaired) electrons. The van der Waals surface area contributed by atoms with Crippen molar-refractivity contribution in [1.82, 2.24) is 4.98 Å². The van der Waals surface area contributed by atoms with Gasteiger partial charge < -0.3 is 14.8 Å². The molecule has 2 aromatic carbocycles. The number of aryl methyl sites for hydroxylation is 1. The van der Waals surface area contributed by atoms with Gasteiger partial charge in [0.25, 0.3) is 0 Å².